The summed E-state index contributed by atoms with van der Waals surface area (Å²) in [5.74, 6) is 1.94. The average Bonchev–Trinajstić information content (AvgIpc) is 3.23. The summed E-state index contributed by atoms with van der Waals surface area (Å²) in [7, 11) is -3.95. The highest BCUT2D eigenvalue weighted by molar-refractivity contribution is 7.51. The molecule has 1 heterocycles. The minimum atomic E-state index is -3.95. The molecule has 1 aromatic heterocycles. The first-order valence-corrected chi connectivity index (χ1v) is 16.4. The number of hydrogen-bond donors (Lipinski definition) is 2. The lowest BCUT2D eigenvalue weighted by Crippen LogP contribution is -2.48. The van der Waals surface area contributed by atoms with Gasteiger partial charge in [0.2, 0.25) is 0 Å². The van der Waals surface area contributed by atoms with Gasteiger partial charge in [-0.05, 0) is 93.4 Å². The summed E-state index contributed by atoms with van der Waals surface area (Å²) in [6, 6.07) is 6.90. The lowest BCUT2D eigenvalue weighted by Gasteiger charge is -2.56. The zero-order valence-corrected chi connectivity index (χ0v) is 23.2. The second kappa shape index (κ2) is 10.3. The van der Waals surface area contributed by atoms with Gasteiger partial charge in [-0.2, -0.15) is 0 Å². The summed E-state index contributed by atoms with van der Waals surface area (Å²) in [5, 5.41) is 1.35. The van der Waals surface area contributed by atoms with Crippen LogP contribution in [0.25, 0.3) is 20.2 Å². The Labute approximate surface area is 225 Å². The summed E-state index contributed by atoms with van der Waals surface area (Å²) in [6.07, 6.45) is 10.1. The number of hydrogen-bond acceptors (Lipinski definition) is 4. The zero-order valence-electron chi connectivity index (χ0n) is 21.5. The Morgan fingerprint density at radius 2 is 1.34 bits per heavy atom. The average molecular weight is 565 g/mol. The number of thiophene rings is 1. The monoisotopic (exact) mass is 564 g/mol. The zero-order chi connectivity index (χ0) is 26.5. The van der Waals surface area contributed by atoms with Crippen LogP contribution < -0.4 is 9.47 Å². The number of halogens is 2. The van der Waals surface area contributed by atoms with Crippen molar-refractivity contribution in [3.8, 4) is 11.5 Å². The van der Waals surface area contributed by atoms with Gasteiger partial charge in [0.25, 0.3) is 0 Å². The predicted molar refractivity (Wildman–Crippen MR) is 146 cm³/mol. The van der Waals surface area contributed by atoms with E-state index in [4.69, 9.17) is 19.3 Å². The van der Waals surface area contributed by atoms with Crippen LogP contribution in [0.1, 0.15) is 64.2 Å². The largest absolute Gasteiger partial charge is 0.490 e. The fourth-order valence-corrected chi connectivity index (χ4v) is 9.47. The Morgan fingerprint density at radius 1 is 0.816 bits per heavy atom. The van der Waals surface area contributed by atoms with Gasteiger partial charge in [-0.3, -0.25) is 4.57 Å². The Kier molecular flexibility index (Phi) is 7.21. The van der Waals surface area contributed by atoms with Crippen LogP contribution in [-0.4, -0.2) is 29.2 Å². The summed E-state index contributed by atoms with van der Waals surface area (Å²) in [5.41, 5.74) is 0.189. The third kappa shape index (κ3) is 5.34. The molecule has 2 aromatic carbocycles. The standard InChI is InChI=1S/C29H35F2O5PS/c30-25-23(35-9-3-1-2-4-10-37(32,33)34)7-5-21-22-6-8-24(26(31)28(22)38-27(21)25)36-17-29-14-18-11-19(15-29)13-20(12-18)16-29/h5-8,18-20H,1-4,9-17H2,(H2,32,33,34)/t18-,19?,20?,29-. The van der Waals surface area contributed by atoms with Crippen molar-refractivity contribution in [3.05, 3.63) is 35.9 Å². The molecule has 5 nitrogen and oxygen atoms in total. The molecule has 4 aliphatic rings. The normalized spacial score (nSPS) is 26.5. The minimum absolute atomic E-state index is 0.114. The first kappa shape index (κ1) is 26.5. The Hall–Kier alpha value is -1.73. The highest BCUT2D eigenvalue weighted by Gasteiger charge is 2.51. The molecule has 9 heteroatoms. The number of ether oxygens (including phenoxy) is 2. The van der Waals surface area contributed by atoms with Gasteiger partial charge in [0.1, 0.15) is 0 Å². The molecule has 0 spiro atoms. The Morgan fingerprint density at radius 3 is 1.89 bits per heavy atom. The highest BCUT2D eigenvalue weighted by atomic mass is 32.1. The first-order chi connectivity index (χ1) is 18.2. The SMILES string of the molecule is O=P(O)(O)CCCCCCOc1ccc2c(sc3c(F)c(OC[C@]45CC6CC(C[C@H](C6)C4)C5)ccc32)c1F. The highest BCUT2D eigenvalue weighted by Crippen LogP contribution is 2.60. The van der Waals surface area contributed by atoms with Crippen molar-refractivity contribution < 1.29 is 32.6 Å². The molecule has 3 aromatic rings. The Bertz CT molecular complexity index is 1350. The first-order valence-electron chi connectivity index (χ1n) is 13.8. The molecule has 0 unspecified atom stereocenters. The van der Waals surface area contributed by atoms with E-state index in [0.29, 0.717) is 52.6 Å². The van der Waals surface area contributed by atoms with Crippen LogP contribution in [0.5, 0.6) is 11.5 Å². The van der Waals surface area contributed by atoms with Crippen LogP contribution in [0.15, 0.2) is 24.3 Å². The van der Waals surface area contributed by atoms with Crippen LogP contribution in [0.2, 0.25) is 0 Å². The molecule has 4 bridgehead atoms. The van der Waals surface area contributed by atoms with Gasteiger partial charge in [-0.25, -0.2) is 8.78 Å². The molecule has 38 heavy (non-hydrogen) atoms. The Balaban J connectivity index is 1.12. The van der Waals surface area contributed by atoms with Gasteiger partial charge in [0.15, 0.2) is 23.1 Å². The second-order valence-corrected chi connectivity index (χ2v) is 14.8. The molecule has 7 rings (SSSR count). The van der Waals surface area contributed by atoms with E-state index in [9.17, 15) is 4.57 Å². The molecule has 2 N–H and O–H groups in total. The molecule has 206 valence electrons. The van der Waals surface area contributed by atoms with Gasteiger partial charge in [-0.1, -0.05) is 12.8 Å². The van der Waals surface area contributed by atoms with E-state index in [1.807, 2.05) is 6.07 Å². The van der Waals surface area contributed by atoms with Crippen molar-refractivity contribution in [1.29, 1.82) is 0 Å². The van der Waals surface area contributed by atoms with E-state index < -0.39 is 19.2 Å². The van der Waals surface area contributed by atoms with Crippen molar-refractivity contribution in [2.45, 2.75) is 64.2 Å². The second-order valence-electron chi connectivity index (χ2n) is 12.0. The summed E-state index contributed by atoms with van der Waals surface area (Å²) < 4.78 is 54.4. The minimum Gasteiger partial charge on any atom is -0.490 e. The molecule has 0 amide bonds. The molecular weight excluding hydrogens is 529 g/mol. The van der Waals surface area contributed by atoms with Crippen LogP contribution in [0.3, 0.4) is 0 Å². The van der Waals surface area contributed by atoms with Gasteiger partial charge in [-0.15, -0.1) is 11.3 Å². The van der Waals surface area contributed by atoms with E-state index in [-0.39, 0.29) is 23.1 Å². The van der Waals surface area contributed by atoms with Crippen molar-refractivity contribution >= 4 is 39.1 Å². The molecule has 0 saturated heterocycles. The van der Waals surface area contributed by atoms with Crippen LogP contribution >= 0.6 is 18.9 Å². The van der Waals surface area contributed by atoms with Crippen LogP contribution in [0.4, 0.5) is 8.78 Å². The van der Waals surface area contributed by atoms with Gasteiger partial charge in [0, 0.05) is 22.3 Å². The van der Waals surface area contributed by atoms with Gasteiger partial charge < -0.3 is 19.3 Å². The maximum Gasteiger partial charge on any atom is 0.325 e. The van der Waals surface area contributed by atoms with Crippen molar-refractivity contribution in [1.82, 2.24) is 0 Å². The maximum absolute atomic E-state index is 15.6. The smallest absolute Gasteiger partial charge is 0.325 e. The number of benzene rings is 2. The summed E-state index contributed by atoms with van der Waals surface area (Å²) in [4.78, 5) is 17.8. The van der Waals surface area contributed by atoms with Crippen molar-refractivity contribution in [2.75, 3.05) is 19.4 Å². The lowest BCUT2D eigenvalue weighted by molar-refractivity contribution is -0.0749. The summed E-state index contributed by atoms with van der Waals surface area (Å²) >= 11 is 1.10. The van der Waals surface area contributed by atoms with E-state index >= 15 is 8.78 Å². The molecular formula is C29H35F2O5PS. The van der Waals surface area contributed by atoms with Crippen LogP contribution in [-0.2, 0) is 4.57 Å². The summed E-state index contributed by atoms with van der Waals surface area (Å²) in [6.45, 7) is 0.870. The van der Waals surface area contributed by atoms with E-state index in [2.05, 4.69) is 0 Å². The maximum atomic E-state index is 15.6. The number of rotatable bonds is 11. The van der Waals surface area contributed by atoms with E-state index in [1.165, 1.54) is 38.5 Å². The quantitative estimate of drug-likeness (QED) is 0.182. The molecule has 4 saturated carbocycles. The van der Waals surface area contributed by atoms with E-state index in [0.717, 1.165) is 35.5 Å². The molecule has 4 aliphatic carbocycles. The predicted octanol–water partition coefficient (Wildman–Crippen LogP) is 8.04. The van der Waals surface area contributed by atoms with Crippen LogP contribution in [0, 0.1) is 34.8 Å². The van der Waals surface area contributed by atoms with Crippen molar-refractivity contribution in [2.24, 2.45) is 23.2 Å². The third-order valence-electron chi connectivity index (χ3n) is 8.92. The van der Waals surface area contributed by atoms with Gasteiger partial charge in [0.05, 0.1) is 22.6 Å². The van der Waals surface area contributed by atoms with E-state index in [1.54, 1.807) is 18.2 Å². The molecule has 0 atom stereocenters. The topological polar surface area (TPSA) is 76.0 Å². The fraction of sp³-hybridized carbons (Fsp3) is 0.586. The molecule has 4 fully saturated rings. The third-order valence-corrected chi connectivity index (χ3v) is 11.0. The molecule has 0 radical (unpaired) electrons. The van der Waals surface area contributed by atoms with Gasteiger partial charge >= 0.3 is 7.60 Å². The fourth-order valence-electron chi connectivity index (χ4n) is 7.68. The number of unbranched alkanes of at least 4 members (excludes halogenated alkanes) is 3. The molecule has 0 aliphatic heterocycles. The lowest BCUT2D eigenvalue weighted by atomic mass is 9.50. The number of fused-ring (bicyclic) bond motifs is 3. The van der Waals surface area contributed by atoms with Crippen molar-refractivity contribution in [3.63, 3.8) is 0 Å².